The van der Waals surface area contributed by atoms with Gasteiger partial charge in [0.2, 0.25) is 5.91 Å². The number of hydrogen-bond acceptors (Lipinski definition) is 4. The number of anilines is 1. The monoisotopic (exact) mass is 252 g/mol. The molecule has 0 spiro atoms. The number of carbonyl (C=O) groups excluding carboxylic acids is 1. The summed E-state index contributed by atoms with van der Waals surface area (Å²) in [6.45, 7) is 1.78. The summed E-state index contributed by atoms with van der Waals surface area (Å²) in [6.07, 6.45) is 0.747. The Kier molecular flexibility index (Phi) is 7.59. The van der Waals surface area contributed by atoms with Crippen LogP contribution in [0.15, 0.2) is 30.3 Å². The van der Waals surface area contributed by atoms with Crippen molar-refractivity contribution in [3.8, 4) is 0 Å². The largest absolute Gasteiger partial charge is 0.394 e. The number of amides is 1. The van der Waals surface area contributed by atoms with Crippen molar-refractivity contribution in [2.24, 2.45) is 0 Å². The van der Waals surface area contributed by atoms with Gasteiger partial charge in [-0.2, -0.15) is 0 Å². The Morgan fingerprint density at radius 1 is 1.22 bits per heavy atom. The summed E-state index contributed by atoms with van der Waals surface area (Å²) in [6, 6.07) is 9.58. The van der Waals surface area contributed by atoms with E-state index in [-0.39, 0.29) is 19.1 Å². The van der Waals surface area contributed by atoms with E-state index in [2.05, 4.69) is 10.6 Å². The Bertz CT molecular complexity index is 330. The van der Waals surface area contributed by atoms with Crippen LogP contribution < -0.4 is 10.6 Å². The van der Waals surface area contributed by atoms with Gasteiger partial charge in [0.25, 0.3) is 0 Å². The van der Waals surface area contributed by atoms with E-state index >= 15 is 0 Å². The van der Waals surface area contributed by atoms with Crippen LogP contribution in [0.1, 0.15) is 6.42 Å². The quantitative estimate of drug-likeness (QED) is 0.563. The fourth-order valence-corrected chi connectivity index (χ4v) is 1.37. The van der Waals surface area contributed by atoms with Crippen LogP contribution in [0.3, 0.4) is 0 Å². The molecule has 5 heteroatoms. The van der Waals surface area contributed by atoms with Crippen molar-refractivity contribution in [3.63, 3.8) is 0 Å². The molecule has 0 aliphatic heterocycles. The van der Waals surface area contributed by atoms with Gasteiger partial charge in [-0.15, -0.1) is 0 Å². The van der Waals surface area contributed by atoms with Gasteiger partial charge in [0.05, 0.1) is 19.8 Å². The Balaban J connectivity index is 2.01. The maximum atomic E-state index is 11.5. The highest BCUT2D eigenvalue weighted by Gasteiger charge is 1.99. The lowest BCUT2D eigenvalue weighted by atomic mass is 10.3. The van der Waals surface area contributed by atoms with Crippen molar-refractivity contribution >= 4 is 11.6 Å². The zero-order valence-electron chi connectivity index (χ0n) is 10.4. The Morgan fingerprint density at radius 2 is 2.00 bits per heavy atom. The van der Waals surface area contributed by atoms with Gasteiger partial charge in [0.1, 0.15) is 0 Å². The molecule has 0 atom stereocenters. The minimum atomic E-state index is -0.0407. The van der Waals surface area contributed by atoms with Crippen LogP contribution in [0, 0.1) is 0 Å². The molecule has 1 amide bonds. The zero-order chi connectivity index (χ0) is 13.1. The number of nitrogens with one attached hydrogen (secondary N) is 2. The van der Waals surface area contributed by atoms with Crippen LogP contribution in [-0.2, 0) is 9.53 Å². The first kappa shape index (κ1) is 14.5. The first-order chi connectivity index (χ1) is 8.83. The number of aliphatic hydroxyl groups is 1. The minimum Gasteiger partial charge on any atom is -0.394 e. The van der Waals surface area contributed by atoms with Gasteiger partial charge in [-0.3, -0.25) is 4.79 Å². The summed E-state index contributed by atoms with van der Waals surface area (Å²) in [4.78, 5) is 11.5. The zero-order valence-corrected chi connectivity index (χ0v) is 10.4. The molecule has 1 rings (SSSR count). The lowest BCUT2D eigenvalue weighted by Crippen LogP contribution is -2.31. The highest BCUT2D eigenvalue weighted by molar-refractivity contribution is 5.80. The van der Waals surface area contributed by atoms with Gasteiger partial charge in [-0.05, 0) is 18.6 Å². The lowest BCUT2D eigenvalue weighted by molar-refractivity contribution is -0.119. The van der Waals surface area contributed by atoms with Crippen molar-refractivity contribution < 1.29 is 14.6 Å². The molecule has 100 valence electrons. The SMILES string of the molecule is O=C(CNc1ccccc1)NCCCOCCO. The number of carbonyl (C=O) groups is 1. The van der Waals surface area contributed by atoms with E-state index in [0.717, 1.165) is 12.1 Å². The van der Waals surface area contributed by atoms with E-state index in [1.54, 1.807) is 0 Å². The van der Waals surface area contributed by atoms with E-state index in [1.807, 2.05) is 30.3 Å². The second-order valence-corrected chi connectivity index (χ2v) is 3.76. The van der Waals surface area contributed by atoms with E-state index in [9.17, 15) is 4.79 Å². The third-order valence-electron chi connectivity index (χ3n) is 2.25. The Morgan fingerprint density at radius 3 is 2.72 bits per heavy atom. The van der Waals surface area contributed by atoms with Crippen molar-refractivity contribution in [1.29, 1.82) is 0 Å². The average molecular weight is 252 g/mol. The maximum Gasteiger partial charge on any atom is 0.239 e. The predicted octanol–water partition coefficient (Wildman–Crippen LogP) is 0.614. The Hall–Kier alpha value is -1.59. The number of benzene rings is 1. The molecule has 0 radical (unpaired) electrons. The molecule has 0 saturated heterocycles. The van der Waals surface area contributed by atoms with Crippen LogP contribution in [0.25, 0.3) is 0 Å². The average Bonchev–Trinajstić information content (AvgIpc) is 2.41. The summed E-state index contributed by atoms with van der Waals surface area (Å²) in [5, 5.41) is 14.3. The Labute approximate surface area is 107 Å². The molecule has 1 aromatic carbocycles. The fraction of sp³-hybridized carbons (Fsp3) is 0.462. The molecule has 0 bridgehead atoms. The van der Waals surface area contributed by atoms with Gasteiger partial charge in [0, 0.05) is 18.8 Å². The molecule has 18 heavy (non-hydrogen) atoms. The van der Waals surface area contributed by atoms with E-state index in [0.29, 0.717) is 19.8 Å². The molecular formula is C13H20N2O3. The summed E-state index contributed by atoms with van der Waals surface area (Å²) < 4.78 is 5.08. The molecule has 0 heterocycles. The molecule has 3 N–H and O–H groups in total. The summed E-state index contributed by atoms with van der Waals surface area (Å²) >= 11 is 0. The predicted molar refractivity (Wildman–Crippen MR) is 70.5 cm³/mol. The van der Waals surface area contributed by atoms with E-state index in [4.69, 9.17) is 9.84 Å². The number of hydrogen-bond donors (Lipinski definition) is 3. The molecule has 1 aromatic rings. The third-order valence-corrected chi connectivity index (χ3v) is 2.25. The van der Waals surface area contributed by atoms with Crippen molar-refractivity contribution in [2.75, 3.05) is 38.2 Å². The molecule has 0 aromatic heterocycles. The molecule has 0 aliphatic rings. The molecule has 0 unspecified atom stereocenters. The van der Waals surface area contributed by atoms with E-state index in [1.165, 1.54) is 0 Å². The van der Waals surface area contributed by atoms with Gasteiger partial charge < -0.3 is 20.5 Å². The van der Waals surface area contributed by atoms with Gasteiger partial charge >= 0.3 is 0 Å². The number of aliphatic hydroxyl groups excluding tert-OH is 1. The summed E-state index contributed by atoms with van der Waals surface area (Å²) in [5.74, 6) is -0.0407. The first-order valence-corrected chi connectivity index (χ1v) is 6.07. The topological polar surface area (TPSA) is 70.6 Å². The third kappa shape index (κ3) is 6.88. The van der Waals surface area contributed by atoms with Crippen LogP contribution in [-0.4, -0.2) is 43.9 Å². The highest BCUT2D eigenvalue weighted by Crippen LogP contribution is 2.03. The lowest BCUT2D eigenvalue weighted by Gasteiger charge is -2.07. The van der Waals surface area contributed by atoms with Crippen LogP contribution >= 0.6 is 0 Å². The standard InChI is InChI=1S/C13H20N2O3/c16-8-10-18-9-4-7-14-13(17)11-15-12-5-2-1-3-6-12/h1-3,5-6,15-16H,4,7-11H2,(H,14,17). The fourth-order valence-electron chi connectivity index (χ4n) is 1.37. The highest BCUT2D eigenvalue weighted by atomic mass is 16.5. The van der Waals surface area contributed by atoms with Gasteiger partial charge in [-0.25, -0.2) is 0 Å². The molecule has 0 fully saturated rings. The summed E-state index contributed by atoms with van der Waals surface area (Å²) in [7, 11) is 0. The van der Waals surface area contributed by atoms with Gasteiger partial charge in [0.15, 0.2) is 0 Å². The number of rotatable bonds is 9. The second-order valence-electron chi connectivity index (χ2n) is 3.76. The van der Waals surface area contributed by atoms with Crippen LogP contribution in [0.4, 0.5) is 5.69 Å². The molecule has 0 aliphatic carbocycles. The first-order valence-electron chi connectivity index (χ1n) is 6.07. The smallest absolute Gasteiger partial charge is 0.239 e. The second kappa shape index (κ2) is 9.44. The number of ether oxygens (including phenoxy) is 1. The van der Waals surface area contributed by atoms with Crippen molar-refractivity contribution in [3.05, 3.63) is 30.3 Å². The van der Waals surface area contributed by atoms with Crippen molar-refractivity contribution in [2.45, 2.75) is 6.42 Å². The molecule has 0 saturated carbocycles. The van der Waals surface area contributed by atoms with Crippen LogP contribution in [0.5, 0.6) is 0 Å². The molecule has 5 nitrogen and oxygen atoms in total. The normalized spacial score (nSPS) is 10.1. The number of para-hydroxylation sites is 1. The minimum absolute atomic E-state index is 0.0351. The molecular weight excluding hydrogens is 232 g/mol. The van der Waals surface area contributed by atoms with Gasteiger partial charge in [-0.1, -0.05) is 18.2 Å². The maximum absolute atomic E-state index is 11.5. The van der Waals surface area contributed by atoms with E-state index < -0.39 is 0 Å². The van der Waals surface area contributed by atoms with Crippen LogP contribution in [0.2, 0.25) is 0 Å². The summed E-state index contributed by atoms with van der Waals surface area (Å²) in [5.41, 5.74) is 0.930. The van der Waals surface area contributed by atoms with Crippen molar-refractivity contribution in [1.82, 2.24) is 5.32 Å².